The first kappa shape index (κ1) is 21.6. The lowest BCUT2D eigenvalue weighted by Crippen LogP contribution is -2.31. The zero-order valence-electron chi connectivity index (χ0n) is 15.9. The van der Waals surface area contributed by atoms with Crippen molar-refractivity contribution in [1.29, 1.82) is 0 Å². The molecule has 0 aliphatic carbocycles. The van der Waals surface area contributed by atoms with Crippen LogP contribution >= 0.6 is 0 Å². The molecule has 0 fully saturated rings. The number of hydrogen-bond donors (Lipinski definition) is 1. The quantitative estimate of drug-likeness (QED) is 0.608. The Balaban J connectivity index is 2.37. The second-order valence-electron chi connectivity index (χ2n) is 6.67. The van der Waals surface area contributed by atoms with Crippen molar-refractivity contribution in [2.75, 3.05) is 18.5 Å². The molecule has 1 N–H and O–H groups in total. The van der Waals surface area contributed by atoms with E-state index in [1.54, 1.807) is 25.8 Å². The van der Waals surface area contributed by atoms with Gasteiger partial charge in [-0.15, -0.1) is 0 Å². The number of carbonyl (C=O) groups excluding carboxylic acids is 1. The van der Waals surface area contributed by atoms with Crippen LogP contribution in [0.15, 0.2) is 24.3 Å². The second-order valence-corrected chi connectivity index (χ2v) is 8.99. The molecule has 0 unspecified atom stereocenters. The van der Waals surface area contributed by atoms with Gasteiger partial charge in [-0.1, -0.05) is 25.5 Å². The van der Waals surface area contributed by atoms with E-state index in [1.165, 1.54) is 18.4 Å². The minimum absolute atomic E-state index is 0.0491. The zero-order valence-corrected chi connectivity index (χ0v) is 16.7. The highest BCUT2D eigenvalue weighted by atomic mass is 32.2. The summed E-state index contributed by atoms with van der Waals surface area (Å²) in [5.41, 5.74) is 2.19. The van der Waals surface area contributed by atoms with Gasteiger partial charge in [0.2, 0.25) is 15.9 Å². The first-order valence-corrected chi connectivity index (χ1v) is 10.7. The van der Waals surface area contributed by atoms with Crippen molar-refractivity contribution in [3.05, 3.63) is 29.8 Å². The van der Waals surface area contributed by atoms with Crippen molar-refractivity contribution in [2.24, 2.45) is 0 Å². The first-order chi connectivity index (χ1) is 11.8. The SMILES string of the molecule is CCCCc1ccc(N(C)C(=O)CCCCNS(=O)(=O)C(C)C)cc1. The lowest BCUT2D eigenvalue weighted by Gasteiger charge is -2.18. The molecular weight excluding hydrogens is 336 g/mol. The Kier molecular flexibility index (Phi) is 9.14. The smallest absolute Gasteiger partial charge is 0.226 e. The van der Waals surface area contributed by atoms with Crippen LogP contribution in [0.5, 0.6) is 0 Å². The maximum atomic E-state index is 12.3. The molecule has 1 rings (SSSR count). The molecule has 0 atom stereocenters. The van der Waals surface area contributed by atoms with Gasteiger partial charge in [-0.2, -0.15) is 0 Å². The van der Waals surface area contributed by atoms with Crippen LogP contribution in [0, 0.1) is 0 Å². The number of carbonyl (C=O) groups is 1. The number of aryl methyl sites for hydroxylation is 1. The van der Waals surface area contributed by atoms with E-state index in [9.17, 15) is 13.2 Å². The van der Waals surface area contributed by atoms with Crippen molar-refractivity contribution in [2.45, 2.75) is 64.5 Å². The molecule has 0 radical (unpaired) electrons. The molecule has 0 saturated carbocycles. The van der Waals surface area contributed by atoms with Gasteiger partial charge in [0, 0.05) is 25.7 Å². The molecule has 1 amide bonds. The van der Waals surface area contributed by atoms with Gasteiger partial charge in [-0.05, 0) is 57.2 Å². The van der Waals surface area contributed by atoms with Gasteiger partial charge in [-0.25, -0.2) is 13.1 Å². The summed E-state index contributed by atoms with van der Waals surface area (Å²) in [5.74, 6) is 0.0491. The maximum absolute atomic E-state index is 12.3. The molecule has 142 valence electrons. The van der Waals surface area contributed by atoms with E-state index in [0.29, 0.717) is 25.8 Å². The van der Waals surface area contributed by atoms with Crippen molar-refractivity contribution >= 4 is 21.6 Å². The van der Waals surface area contributed by atoms with E-state index >= 15 is 0 Å². The van der Waals surface area contributed by atoms with Crippen LogP contribution in [0.1, 0.15) is 58.4 Å². The average Bonchev–Trinajstić information content (AvgIpc) is 2.59. The third-order valence-electron chi connectivity index (χ3n) is 4.26. The molecule has 0 spiro atoms. The van der Waals surface area contributed by atoms with Crippen LogP contribution in [0.2, 0.25) is 0 Å². The molecular formula is C19H32N2O3S. The number of rotatable bonds is 11. The van der Waals surface area contributed by atoms with Crippen molar-refractivity contribution < 1.29 is 13.2 Å². The van der Waals surface area contributed by atoms with E-state index in [1.807, 2.05) is 12.1 Å². The summed E-state index contributed by atoms with van der Waals surface area (Å²) in [6, 6.07) is 8.13. The molecule has 6 heteroatoms. The van der Waals surface area contributed by atoms with Gasteiger partial charge in [0.1, 0.15) is 0 Å². The number of amides is 1. The first-order valence-electron chi connectivity index (χ1n) is 9.12. The Hall–Kier alpha value is -1.40. The van der Waals surface area contributed by atoms with Crippen molar-refractivity contribution in [3.8, 4) is 0 Å². The Morgan fingerprint density at radius 2 is 1.76 bits per heavy atom. The molecule has 0 aliphatic rings. The topological polar surface area (TPSA) is 66.5 Å². The fraction of sp³-hybridized carbons (Fsp3) is 0.632. The Bertz CT molecular complexity index is 625. The predicted molar refractivity (Wildman–Crippen MR) is 104 cm³/mol. The van der Waals surface area contributed by atoms with Gasteiger partial charge in [0.15, 0.2) is 0 Å². The second kappa shape index (κ2) is 10.6. The van der Waals surface area contributed by atoms with E-state index in [0.717, 1.165) is 12.1 Å². The van der Waals surface area contributed by atoms with Gasteiger partial charge in [0.05, 0.1) is 5.25 Å². The Morgan fingerprint density at radius 1 is 1.12 bits per heavy atom. The van der Waals surface area contributed by atoms with Crippen LogP contribution < -0.4 is 9.62 Å². The third-order valence-corrected chi connectivity index (χ3v) is 6.11. The highest BCUT2D eigenvalue weighted by Crippen LogP contribution is 2.16. The largest absolute Gasteiger partial charge is 0.316 e. The molecule has 1 aromatic rings. The van der Waals surface area contributed by atoms with Gasteiger partial charge in [-0.3, -0.25) is 4.79 Å². The number of benzene rings is 1. The summed E-state index contributed by atoms with van der Waals surface area (Å²) in [6.07, 6.45) is 5.15. The fourth-order valence-electron chi connectivity index (χ4n) is 2.36. The van der Waals surface area contributed by atoms with Crippen molar-refractivity contribution in [3.63, 3.8) is 0 Å². The van der Waals surface area contributed by atoms with E-state index < -0.39 is 15.3 Å². The van der Waals surface area contributed by atoms with Gasteiger partial charge < -0.3 is 4.90 Å². The molecule has 0 aliphatic heterocycles. The average molecular weight is 369 g/mol. The normalized spacial score (nSPS) is 11.7. The number of unbranched alkanes of at least 4 members (excludes halogenated alkanes) is 2. The van der Waals surface area contributed by atoms with Crippen LogP contribution in [0.3, 0.4) is 0 Å². The maximum Gasteiger partial charge on any atom is 0.226 e. The van der Waals surface area contributed by atoms with Gasteiger partial charge in [0.25, 0.3) is 0 Å². The molecule has 0 bridgehead atoms. The number of nitrogens with one attached hydrogen (secondary N) is 1. The standard InChI is InChI=1S/C19H32N2O3S/c1-5-6-9-17-11-13-18(14-12-17)21(4)19(22)10-7-8-15-20-25(23,24)16(2)3/h11-14,16,20H,5-10,15H2,1-4H3. The molecule has 5 nitrogen and oxygen atoms in total. The minimum Gasteiger partial charge on any atom is -0.316 e. The van der Waals surface area contributed by atoms with E-state index in [4.69, 9.17) is 0 Å². The summed E-state index contributed by atoms with van der Waals surface area (Å²) in [4.78, 5) is 13.9. The summed E-state index contributed by atoms with van der Waals surface area (Å²) >= 11 is 0. The highest BCUT2D eigenvalue weighted by molar-refractivity contribution is 7.90. The van der Waals surface area contributed by atoms with Crippen LogP contribution in [0.25, 0.3) is 0 Å². The molecule has 0 aromatic heterocycles. The summed E-state index contributed by atoms with van der Waals surface area (Å²) < 4.78 is 25.8. The predicted octanol–water partition coefficient (Wildman–Crippen LogP) is 3.49. The van der Waals surface area contributed by atoms with E-state index in [2.05, 4.69) is 23.8 Å². The molecule has 25 heavy (non-hydrogen) atoms. The Labute approximate surface area is 152 Å². The highest BCUT2D eigenvalue weighted by Gasteiger charge is 2.15. The van der Waals surface area contributed by atoms with Gasteiger partial charge >= 0.3 is 0 Å². The minimum atomic E-state index is -3.21. The fourth-order valence-corrected chi connectivity index (χ4v) is 3.12. The third kappa shape index (κ3) is 7.57. The number of nitrogens with zero attached hydrogens (tertiary/aromatic N) is 1. The summed E-state index contributed by atoms with van der Waals surface area (Å²) in [7, 11) is -1.43. The number of anilines is 1. The lowest BCUT2D eigenvalue weighted by molar-refractivity contribution is -0.118. The monoisotopic (exact) mass is 368 g/mol. The lowest BCUT2D eigenvalue weighted by atomic mass is 10.1. The van der Waals surface area contributed by atoms with E-state index in [-0.39, 0.29) is 5.91 Å². The van der Waals surface area contributed by atoms with Crippen LogP contribution in [-0.4, -0.2) is 33.2 Å². The molecule has 0 heterocycles. The number of sulfonamides is 1. The van der Waals surface area contributed by atoms with Crippen LogP contribution in [0.4, 0.5) is 5.69 Å². The summed E-state index contributed by atoms with van der Waals surface area (Å²) in [5, 5.41) is -0.430. The number of hydrogen-bond acceptors (Lipinski definition) is 3. The molecule has 1 aromatic carbocycles. The summed E-state index contributed by atoms with van der Waals surface area (Å²) in [6.45, 7) is 5.85. The van der Waals surface area contributed by atoms with Crippen molar-refractivity contribution in [1.82, 2.24) is 4.72 Å². The zero-order chi connectivity index (χ0) is 18.9. The molecule has 0 saturated heterocycles. The van der Waals surface area contributed by atoms with Crippen LogP contribution in [-0.2, 0) is 21.2 Å². The Morgan fingerprint density at radius 3 is 2.32 bits per heavy atom.